The minimum absolute atomic E-state index is 0.0305. The molecule has 1 amide bonds. The second kappa shape index (κ2) is 8.16. The van der Waals surface area contributed by atoms with Crippen LogP contribution in [0.2, 0.25) is 0 Å². The number of thioether (sulfide) groups is 1. The molecule has 4 heteroatoms. The molecule has 0 unspecified atom stereocenters. The zero-order valence-electron chi connectivity index (χ0n) is 13.7. The Bertz CT molecular complexity index is 687. The smallest absolute Gasteiger partial charge is 0.230 e. The van der Waals surface area contributed by atoms with E-state index in [9.17, 15) is 9.18 Å². The molecule has 0 aromatic heterocycles. The molecule has 0 fully saturated rings. The minimum Gasteiger partial charge on any atom is -0.349 e. The second-order valence-corrected chi connectivity index (χ2v) is 6.70. The van der Waals surface area contributed by atoms with Gasteiger partial charge in [-0.15, -0.1) is 11.8 Å². The average molecular weight is 331 g/mol. The number of hydrogen-bond acceptors (Lipinski definition) is 2. The molecular weight excluding hydrogens is 309 g/mol. The van der Waals surface area contributed by atoms with Gasteiger partial charge in [0.05, 0.1) is 11.8 Å². The number of aryl methyl sites for hydroxylation is 2. The molecule has 0 heterocycles. The summed E-state index contributed by atoms with van der Waals surface area (Å²) in [5.41, 5.74) is 4.19. The number of carbonyl (C=O) groups is 1. The summed E-state index contributed by atoms with van der Waals surface area (Å²) in [6.07, 6.45) is 0. The van der Waals surface area contributed by atoms with Crippen LogP contribution >= 0.6 is 11.8 Å². The van der Waals surface area contributed by atoms with Gasteiger partial charge in [0.2, 0.25) is 5.91 Å². The van der Waals surface area contributed by atoms with E-state index in [0.29, 0.717) is 17.1 Å². The molecule has 0 saturated heterocycles. The third-order valence-electron chi connectivity index (χ3n) is 3.86. The summed E-state index contributed by atoms with van der Waals surface area (Å²) >= 11 is 1.42. The number of amides is 1. The van der Waals surface area contributed by atoms with Crippen LogP contribution < -0.4 is 5.32 Å². The fourth-order valence-electron chi connectivity index (χ4n) is 2.27. The second-order valence-electron chi connectivity index (χ2n) is 5.72. The largest absolute Gasteiger partial charge is 0.349 e. The molecule has 0 aliphatic heterocycles. The van der Waals surface area contributed by atoms with Crippen molar-refractivity contribution in [2.75, 3.05) is 5.75 Å². The van der Waals surface area contributed by atoms with Crippen molar-refractivity contribution in [1.82, 2.24) is 5.32 Å². The summed E-state index contributed by atoms with van der Waals surface area (Å²) in [6.45, 7) is 6.11. The number of carbonyl (C=O) groups excluding carboxylic acids is 1. The molecule has 122 valence electrons. The molecule has 2 aromatic carbocycles. The number of benzene rings is 2. The normalized spacial score (nSPS) is 12.0. The Balaban J connectivity index is 1.82. The first-order valence-electron chi connectivity index (χ1n) is 7.65. The van der Waals surface area contributed by atoms with Gasteiger partial charge in [-0.1, -0.05) is 36.4 Å². The van der Waals surface area contributed by atoms with Crippen molar-refractivity contribution < 1.29 is 9.18 Å². The Kier molecular flexibility index (Phi) is 6.22. The van der Waals surface area contributed by atoms with Crippen molar-refractivity contribution in [1.29, 1.82) is 0 Å². The SMILES string of the molecule is Cc1ccc([C@H](C)NC(=O)CSCc2ccccc2F)cc1C. The van der Waals surface area contributed by atoms with Gasteiger partial charge in [-0.25, -0.2) is 4.39 Å². The molecule has 0 aliphatic rings. The van der Waals surface area contributed by atoms with Gasteiger partial charge in [0.1, 0.15) is 5.82 Å². The summed E-state index contributed by atoms with van der Waals surface area (Å²) in [5, 5.41) is 2.99. The number of nitrogens with one attached hydrogen (secondary N) is 1. The molecule has 0 bridgehead atoms. The molecule has 0 spiro atoms. The van der Waals surface area contributed by atoms with Crippen LogP contribution in [-0.2, 0) is 10.5 Å². The van der Waals surface area contributed by atoms with Crippen molar-refractivity contribution in [3.8, 4) is 0 Å². The van der Waals surface area contributed by atoms with Gasteiger partial charge in [0.25, 0.3) is 0 Å². The first kappa shape index (κ1) is 17.5. The zero-order valence-corrected chi connectivity index (χ0v) is 14.5. The average Bonchev–Trinajstić information content (AvgIpc) is 2.51. The highest BCUT2D eigenvalue weighted by atomic mass is 32.2. The van der Waals surface area contributed by atoms with Crippen LogP contribution in [-0.4, -0.2) is 11.7 Å². The lowest BCUT2D eigenvalue weighted by Crippen LogP contribution is -2.28. The van der Waals surface area contributed by atoms with Gasteiger partial charge in [0.15, 0.2) is 0 Å². The fourth-order valence-corrected chi connectivity index (χ4v) is 3.09. The first-order valence-corrected chi connectivity index (χ1v) is 8.80. The lowest BCUT2D eigenvalue weighted by atomic mass is 10.0. The van der Waals surface area contributed by atoms with Crippen LogP contribution in [0.4, 0.5) is 4.39 Å². The molecule has 1 atom stereocenters. The van der Waals surface area contributed by atoms with Gasteiger partial charge in [-0.2, -0.15) is 0 Å². The monoisotopic (exact) mass is 331 g/mol. The number of rotatable bonds is 6. The van der Waals surface area contributed by atoms with Crippen molar-refractivity contribution in [3.05, 3.63) is 70.5 Å². The van der Waals surface area contributed by atoms with Crippen LogP contribution in [0.1, 0.15) is 35.2 Å². The van der Waals surface area contributed by atoms with E-state index in [-0.39, 0.29) is 17.8 Å². The molecule has 2 rings (SSSR count). The Labute approximate surface area is 141 Å². The van der Waals surface area contributed by atoms with Gasteiger partial charge < -0.3 is 5.32 Å². The summed E-state index contributed by atoms with van der Waals surface area (Å²) in [5.74, 6) is 0.572. The summed E-state index contributed by atoms with van der Waals surface area (Å²) in [7, 11) is 0. The van der Waals surface area contributed by atoms with Crippen LogP contribution in [0.25, 0.3) is 0 Å². The number of hydrogen-bond donors (Lipinski definition) is 1. The Morgan fingerprint density at radius 2 is 1.91 bits per heavy atom. The third kappa shape index (κ3) is 5.10. The molecule has 1 N–H and O–H groups in total. The van der Waals surface area contributed by atoms with Crippen molar-refractivity contribution in [2.24, 2.45) is 0 Å². The lowest BCUT2D eigenvalue weighted by Gasteiger charge is -2.15. The summed E-state index contributed by atoms with van der Waals surface area (Å²) < 4.78 is 13.5. The fraction of sp³-hybridized carbons (Fsp3) is 0.316. The van der Waals surface area contributed by atoms with Gasteiger partial charge >= 0.3 is 0 Å². The molecule has 0 saturated carbocycles. The highest BCUT2D eigenvalue weighted by Gasteiger charge is 2.11. The Hall–Kier alpha value is -1.81. The molecule has 0 aliphatic carbocycles. The van der Waals surface area contributed by atoms with E-state index in [1.165, 1.54) is 29.0 Å². The van der Waals surface area contributed by atoms with Crippen LogP contribution in [0, 0.1) is 19.7 Å². The van der Waals surface area contributed by atoms with Crippen LogP contribution in [0.3, 0.4) is 0 Å². The third-order valence-corrected chi connectivity index (χ3v) is 4.84. The molecule has 0 radical (unpaired) electrons. The highest BCUT2D eigenvalue weighted by Crippen LogP contribution is 2.18. The topological polar surface area (TPSA) is 29.1 Å². The van der Waals surface area contributed by atoms with Crippen molar-refractivity contribution in [2.45, 2.75) is 32.6 Å². The van der Waals surface area contributed by atoms with E-state index >= 15 is 0 Å². The quantitative estimate of drug-likeness (QED) is 0.841. The number of halogens is 1. The molecule has 2 aromatic rings. The molecule has 2 nitrogen and oxygen atoms in total. The Morgan fingerprint density at radius 1 is 1.17 bits per heavy atom. The Morgan fingerprint density at radius 3 is 2.61 bits per heavy atom. The van der Waals surface area contributed by atoms with Gasteiger partial charge in [-0.3, -0.25) is 4.79 Å². The van der Waals surface area contributed by atoms with E-state index in [2.05, 4.69) is 31.3 Å². The van der Waals surface area contributed by atoms with E-state index < -0.39 is 0 Å². The standard InChI is InChI=1S/C19H22FNOS/c1-13-8-9-16(10-14(13)2)15(3)21-19(22)12-23-11-17-6-4-5-7-18(17)20/h4-10,15H,11-12H2,1-3H3,(H,21,22)/t15-/m0/s1. The van der Waals surface area contributed by atoms with E-state index in [1.807, 2.05) is 13.0 Å². The van der Waals surface area contributed by atoms with E-state index in [4.69, 9.17) is 0 Å². The minimum atomic E-state index is -0.219. The maximum absolute atomic E-state index is 13.5. The van der Waals surface area contributed by atoms with Crippen LogP contribution in [0.5, 0.6) is 0 Å². The zero-order chi connectivity index (χ0) is 16.8. The maximum atomic E-state index is 13.5. The maximum Gasteiger partial charge on any atom is 0.230 e. The summed E-state index contributed by atoms with van der Waals surface area (Å²) in [4.78, 5) is 12.0. The highest BCUT2D eigenvalue weighted by molar-refractivity contribution is 7.99. The van der Waals surface area contributed by atoms with Crippen LogP contribution in [0.15, 0.2) is 42.5 Å². The van der Waals surface area contributed by atoms with Crippen molar-refractivity contribution in [3.63, 3.8) is 0 Å². The first-order chi connectivity index (χ1) is 11.0. The summed E-state index contributed by atoms with van der Waals surface area (Å²) in [6, 6.07) is 12.8. The lowest BCUT2D eigenvalue weighted by molar-refractivity contribution is -0.119. The molecular formula is C19H22FNOS. The predicted molar refractivity (Wildman–Crippen MR) is 95.0 cm³/mol. The van der Waals surface area contributed by atoms with Gasteiger partial charge in [-0.05, 0) is 49.1 Å². The molecule has 23 heavy (non-hydrogen) atoms. The van der Waals surface area contributed by atoms with Crippen molar-refractivity contribution >= 4 is 17.7 Å². The van der Waals surface area contributed by atoms with Gasteiger partial charge in [0, 0.05) is 5.75 Å². The van der Waals surface area contributed by atoms with E-state index in [0.717, 1.165) is 5.56 Å². The van der Waals surface area contributed by atoms with E-state index in [1.54, 1.807) is 18.2 Å². The predicted octanol–water partition coefficient (Wildman–Crippen LogP) is 4.55.